The molecule has 0 unspecified atom stereocenters. The molecule has 1 saturated heterocycles. The third kappa shape index (κ3) is 3.40. The Morgan fingerprint density at radius 2 is 1.88 bits per heavy atom. The van der Waals surface area contributed by atoms with Crippen LogP contribution >= 0.6 is 11.8 Å². The molecule has 2 aromatic carbocycles. The number of hydrogen-bond donors (Lipinski definition) is 0. The van der Waals surface area contributed by atoms with Crippen LogP contribution in [-0.2, 0) is 15.6 Å². The van der Waals surface area contributed by atoms with Crippen molar-refractivity contribution in [1.82, 2.24) is 0 Å². The zero-order chi connectivity index (χ0) is 18.3. The Kier molecular flexibility index (Phi) is 4.57. The van der Waals surface area contributed by atoms with Crippen molar-refractivity contribution in [3.05, 3.63) is 65.2 Å². The highest BCUT2D eigenvalue weighted by molar-refractivity contribution is 8.13. The van der Waals surface area contributed by atoms with Crippen LogP contribution in [0.4, 0.5) is 5.69 Å². The molecule has 2 aliphatic heterocycles. The molecule has 4 nitrogen and oxygen atoms in total. The van der Waals surface area contributed by atoms with Crippen LogP contribution in [0, 0.1) is 13.8 Å². The van der Waals surface area contributed by atoms with Crippen LogP contribution in [0.3, 0.4) is 0 Å². The zero-order valence-electron chi connectivity index (χ0n) is 14.9. The molecular formula is C20H22N2O2S2. The Labute approximate surface area is 159 Å². The zero-order valence-corrected chi connectivity index (χ0v) is 16.6. The van der Waals surface area contributed by atoms with Crippen molar-refractivity contribution in [3.63, 3.8) is 0 Å². The number of amidine groups is 1. The topological polar surface area (TPSA) is 49.7 Å². The number of fused-ring (bicyclic) bond motifs is 1. The molecule has 4 rings (SSSR count). The molecule has 0 aliphatic carbocycles. The molecule has 1 fully saturated rings. The molecule has 0 radical (unpaired) electrons. The average Bonchev–Trinajstić information content (AvgIpc) is 3.06. The second-order valence-corrected chi connectivity index (χ2v) is 10.2. The summed E-state index contributed by atoms with van der Waals surface area (Å²) >= 11 is 1.69. The van der Waals surface area contributed by atoms with Crippen LogP contribution in [0.15, 0.2) is 53.5 Å². The van der Waals surface area contributed by atoms with Gasteiger partial charge in [0.05, 0.1) is 23.6 Å². The van der Waals surface area contributed by atoms with Crippen LogP contribution in [0.5, 0.6) is 0 Å². The van der Waals surface area contributed by atoms with Gasteiger partial charge in [-0.3, -0.25) is 4.99 Å². The number of nitrogens with zero attached hydrogens (tertiary/aromatic N) is 2. The highest BCUT2D eigenvalue weighted by Crippen LogP contribution is 2.37. The van der Waals surface area contributed by atoms with Gasteiger partial charge in [0, 0.05) is 11.4 Å². The smallest absolute Gasteiger partial charge is 0.164 e. The molecule has 2 aromatic rings. The first-order valence-electron chi connectivity index (χ1n) is 8.74. The molecule has 0 aromatic heterocycles. The van der Waals surface area contributed by atoms with E-state index in [1.54, 1.807) is 11.8 Å². The lowest BCUT2D eigenvalue weighted by Crippen LogP contribution is -2.39. The third-order valence-corrected chi connectivity index (χ3v) is 7.67. The third-order valence-electron chi connectivity index (χ3n) is 4.93. The van der Waals surface area contributed by atoms with Gasteiger partial charge in [0.2, 0.25) is 0 Å². The summed E-state index contributed by atoms with van der Waals surface area (Å²) in [5, 5.41) is 0.936. The summed E-state index contributed by atoms with van der Waals surface area (Å²) in [6, 6.07) is 16.4. The van der Waals surface area contributed by atoms with Crippen molar-refractivity contribution in [2.45, 2.75) is 31.7 Å². The van der Waals surface area contributed by atoms with Gasteiger partial charge in [-0.15, -0.1) is 0 Å². The number of thioether (sulfide) groups is 1. The molecule has 136 valence electrons. The number of aryl methyl sites for hydroxylation is 2. The van der Waals surface area contributed by atoms with Crippen LogP contribution in [0.1, 0.15) is 16.7 Å². The van der Waals surface area contributed by atoms with E-state index < -0.39 is 9.84 Å². The summed E-state index contributed by atoms with van der Waals surface area (Å²) in [6.45, 7) is 4.15. The molecule has 0 spiro atoms. The number of sulfone groups is 1. The summed E-state index contributed by atoms with van der Waals surface area (Å²) in [5.41, 5.74) is 4.67. The van der Waals surface area contributed by atoms with E-state index in [2.05, 4.69) is 49.1 Å². The fraction of sp³-hybridized carbons (Fsp3) is 0.350. The Hall–Kier alpha value is -1.79. The van der Waals surface area contributed by atoms with Gasteiger partial charge in [0.15, 0.2) is 15.0 Å². The van der Waals surface area contributed by atoms with E-state index in [4.69, 9.17) is 4.99 Å². The van der Waals surface area contributed by atoms with E-state index in [1.807, 2.05) is 18.2 Å². The Balaban J connectivity index is 1.66. The Morgan fingerprint density at radius 1 is 1.12 bits per heavy atom. The van der Waals surface area contributed by atoms with Crippen molar-refractivity contribution < 1.29 is 8.42 Å². The summed E-state index contributed by atoms with van der Waals surface area (Å²) < 4.78 is 24.3. The average molecular weight is 387 g/mol. The second-order valence-electron chi connectivity index (χ2n) is 7.06. The maximum absolute atomic E-state index is 12.1. The minimum atomic E-state index is -3.02. The predicted molar refractivity (Wildman–Crippen MR) is 110 cm³/mol. The molecule has 0 bridgehead atoms. The van der Waals surface area contributed by atoms with E-state index >= 15 is 0 Å². The van der Waals surface area contributed by atoms with E-state index in [0.717, 1.165) is 22.2 Å². The fourth-order valence-electron chi connectivity index (χ4n) is 3.71. The van der Waals surface area contributed by atoms with Gasteiger partial charge in [-0.2, -0.15) is 0 Å². The molecule has 26 heavy (non-hydrogen) atoms. The molecule has 6 heteroatoms. The van der Waals surface area contributed by atoms with Crippen LogP contribution in [0.2, 0.25) is 0 Å². The van der Waals surface area contributed by atoms with E-state index in [0.29, 0.717) is 0 Å². The molecule has 0 amide bonds. The van der Waals surface area contributed by atoms with Gasteiger partial charge in [-0.05, 0) is 31.0 Å². The highest BCUT2D eigenvalue weighted by Gasteiger charge is 2.47. The Morgan fingerprint density at radius 3 is 2.62 bits per heavy atom. The van der Waals surface area contributed by atoms with Crippen molar-refractivity contribution >= 4 is 32.5 Å². The summed E-state index contributed by atoms with van der Waals surface area (Å²) in [4.78, 5) is 6.97. The first-order chi connectivity index (χ1) is 12.4. The SMILES string of the molecule is Cc1ccc(N2C(SCc3ccccc3)=N[C@@H]3CS(=O)(=O)C[C@H]32)c(C)c1. The van der Waals surface area contributed by atoms with Crippen molar-refractivity contribution in [3.8, 4) is 0 Å². The van der Waals surface area contributed by atoms with Gasteiger partial charge < -0.3 is 4.90 Å². The van der Waals surface area contributed by atoms with Gasteiger partial charge in [-0.25, -0.2) is 8.42 Å². The predicted octanol–water partition coefficient (Wildman–Crippen LogP) is 3.58. The van der Waals surface area contributed by atoms with Gasteiger partial charge in [-0.1, -0.05) is 59.8 Å². The van der Waals surface area contributed by atoms with Gasteiger partial charge >= 0.3 is 0 Å². The molecule has 2 atom stereocenters. The van der Waals surface area contributed by atoms with Crippen molar-refractivity contribution in [2.24, 2.45) is 4.99 Å². The van der Waals surface area contributed by atoms with Crippen molar-refractivity contribution in [2.75, 3.05) is 16.4 Å². The first kappa shape index (κ1) is 17.6. The summed E-state index contributed by atoms with van der Waals surface area (Å²) in [5.74, 6) is 1.17. The summed E-state index contributed by atoms with van der Waals surface area (Å²) in [6.07, 6.45) is 0. The maximum Gasteiger partial charge on any atom is 0.164 e. The standard InChI is InChI=1S/C20H22N2O2S2/c1-14-8-9-18(15(2)10-14)22-19-13-26(23,24)12-17(19)21-20(22)25-11-16-6-4-3-5-7-16/h3-10,17,19H,11-13H2,1-2H3/t17-,19-/m1/s1. The Bertz CT molecular complexity index is 955. The van der Waals surface area contributed by atoms with Crippen LogP contribution in [-0.4, -0.2) is 37.2 Å². The fourth-order valence-corrected chi connectivity index (χ4v) is 6.63. The number of hydrogen-bond acceptors (Lipinski definition) is 5. The van der Waals surface area contributed by atoms with Gasteiger partial charge in [0.1, 0.15) is 0 Å². The normalized spacial score (nSPS) is 23.8. The summed E-state index contributed by atoms with van der Waals surface area (Å²) in [7, 11) is -3.02. The van der Waals surface area contributed by atoms with E-state index in [-0.39, 0.29) is 23.6 Å². The largest absolute Gasteiger partial charge is 0.315 e. The van der Waals surface area contributed by atoms with Gasteiger partial charge in [0.25, 0.3) is 0 Å². The molecule has 2 aliphatic rings. The number of rotatable bonds is 3. The molecule has 0 N–H and O–H groups in total. The van der Waals surface area contributed by atoms with Crippen LogP contribution < -0.4 is 4.90 Å². The first-order valence-corrected chi connectivity index (χ1v) is 11.5. The van der Waals surface area contributed by atoms with Crippen LogP contribution in [0.25, 0.3) is 0 Å². The monoisotopic (exact) mass is 386 g/mol. The maximum atomic E-state index is 12.1. The number of aliphatic imine (C=N–C) groups is 1. The number of benzene rings is 2. The van der Waals surface area contributed by atoms with E-state index in [9.17, 15) is 8.42 Å². The minimum Gasteiger partial charge on any atom is -0.315 e. The highest BCUT2D eigenvalue weighted by atomic mass is 32.2. The van der Waals surface area contributed by atoms with E-state index in [1.165, 1.54) is 11.1 Å². The minimum absolute atomic E-state index is 0.0836. The second kappa shape index (κ2) is 6.74. The lowest BCUT2D eigenvalue weighted by Gasteiger charge is -2.28. The molecule has 2 heterocycles. The lowest BCUT2D eigenvalue weighted by molar-refractivity contribution is 0.601. The van der Waals surface area contributed by atoms with Crippen molar-refractivity contribution in [1.29, 1.82) is 0 Å². The molecular weight excluding hydrogens is 364 g/mol. The number of anilines is 1. The quantitative estimate of drug-likeness (QED) is 0.809. The molecule has 0 saturated carbocycles. The lowest BCUT2D eigenvalue weighted by atomic mass is 10.1.